The highest BCUT2D eigenvalue weighted by atomic mass is 16.7. The molecule has 1 fully saturated rings. The van der Waals surface area contributed by atoms with Crippen LogP contribution >= 0.6 is 0 Å². The molecule has 0 saturated carbocycles. The van der Waals surface area contributed by atoms with E-state index in [2.05, 4.69) is 5.32 Å². The van der Waals surface area contributed by atoms with Crippen molar-refractivity contribution in [3.8, 4) is 0 Å². The van der Waals surface area contributed by atoms with Gasteiger partial charge in [0.25, 0.3) is 0 Å². The second-order valence-electron chi connectivity index (χ2n) is 7.07. The highest BCUT2D eigenvalue weighted by molar-refractivity contribution is 6.56. The first-order valence-corrected chi connectivity index (χ1v) is 8.15. The zero-order valence-electron chi connectivity index (χ0n) is 15.1. The molecule has 0 aliphatic carbocycles. The summed E-state index contributed by atoms with van der Waals surface area (Å²) in [5.41, 5.74) is 1.60. The topological polar surface area (TPSA) is 67.8 Å². The normalized spacial score (nSPS) is 19.4. The molecule has 130 valence electrons. The van der Waals surface area contributed by atoms with Gasteiger partial charge in [0.1, 0.15) is 0 Å². The largest absolute Gasteiger partial charge is 0.492 e. The fraction of sp³-hybridized carbons (Fsp3) is 0.500. The Labute approximate surface area is 144 Å². The number of aliphatic hydroxyl groups excluding tert-OH is 1. The van der Waals surface area contributed by atoms with Gasteiger partial charge in [0.15, 0.2) is 0 Å². The Morgan fingerprint density at radius 3 is 2.33 bits per heavy atom. The van der Waals surface area contributed by atoms with Crippen LogP contribution in [0.4, 0.5) is 0 Å². The van der Waals surface area contributed by atoms with Crippen molar-refractivity contribution in [3.63, 3.8) is 0 Å². The van der Waals surface area contributed by atoms with Gasteiger partial charge in [-0.05, 0) is 44.3 Å². The highest BCUT2D eigenvalue weighted by Crippen LogP contribution is 2.38. The van der Waals surface area contributed by atoms with Crippen LogP contribution in [0.3, 0.4) is 0 Å². The number of hydrogen-bond donors (Lipinski definition) is 2. The molecule has 2 N–H and O–H groups in total. The monoisotopic (exact) mass is 331 g/mol. The van der Waals surface area contributed by atoms with Gasteiger partial charge in [0, 0.05) is 13.5 Å². The summed E-state index contributed by atoms with van der Waals surface area (Å²) >= 11 is 0. The van der Waals surface area contributed by atoms with Crippen molar-refractivity contribution in [2.45, 2.75) is 52.4 Å². The van der Waals surface area contributed by atoms with E-state index in [1.807, 2.05) is 58.0 Å². The molecule has 1 amide bonds. The van der Waals surface area contributed by atoms with Gasteiger partial charge in [-0.2, -0.15) is 0 Å². The summed E-state index contributed by atoms with van der Waals surface area (Å²) in [5, 5.41) is 12.3. The van der Waals surface area contributed by atoms with Gasteiger partial charge in [-0.15, -0.1) is 0 Å². The molecule has 2 rings (SSSR count). The van der Waals surface area contributed by atoms with Crippen molar-refractivity contribution in [1.82, 2.24) is 5.32 Å². The van der Waals surface area contributed by atoms with Crippen LogP contribution in [-0.4, -0.2) is 35.9 Å². The maximum atomic E-state index is 11.3. The Balaban J connectivity index is 2.35. The smallest absolute Gasteiger partial charge is 0.400 e. The van der Waals surface area contributed by atoms with Crippen molar-refractivity contribution in [2.24, 2.45) is 0 Å². The standard InChI is InChI=1S/C18H26BNO4/c1-13(22)20-11-16(10-14-8-6-7-9-15(14)12-21)19-23-17(2,3)18(4,5)24-19/h6-10,21H,11-12H2,1-5H3,(H,20,22). The van der Waals surface area contributed by atoms with Crippen LogP contribution in [0.25, 0.3) is 6.08 Å². The Morgan fingerprint density at radius 1 is 1.21 bits per heavy atom. The minimum Gasteiger partial charge on any atom is -0.400 e. The molecule has 1 aliphatic rings. The molecule has 1 aromatic rings. The Morgan fingerprint density at radius 2 is 1.79 bits per heavy atom. The van der Waals surface area contributed by atoms with Crippen LogP contribution in [0.2, 0.25) is 0 Å². The van der Waals surface area contributed by atoms with E-state index in [-0.39, 0.29) is 12.5 Å². The number of carbonyl (C=O) groups excluding carboxylic acids is 1. The van der Waals surface area contributed by atoms with Crippen molar-refractivity contribution in [2.75, 3.05) is 6.54 Å². The molecule has 0 aromatic heterocycles. The van der Waals surface area contributed by atoms with E-state index in [4.69, 9.17) is 9.31 Å². The average Bonchev–Trinajstić information content (AvgIpc) is 2.71. The number of benzene rings is 1. The fourth-order valence-corrected chi connectivity index (χ4v) is 2.44. The average molecular weight is 331 g/mol. The number of hydrogen-bond acceptors (Lipinski definition) is 4. The number of amides is 1. The molecule has 0 radical (unpaired) electrons. The number of aliphatic hydroxyl groups is 1. The van der Waals surface area contributed by atoms with Crippen molar-refractivity contribution in [3.05, 3.63) is 40.9 Å². The van der Waals surface area contributed by atoms with Crippen molar-refractivity contribution in [1.29, 1.82) is 0 Å². The minimum atomic E-state index is -0.548. The summed E-state index contributed by atoms with van der Waals surface area (Å²) in [6.45, 7) is 9.71. The fourth-order valence-electron chi connectivity index (χ4n) is 2.44. The molecule has 1 aromatic carbocycles. The van der Waals surface area contributed by atoms with Crippen molar-refractivity contribution < 1.29 is 19.2 Å². The van der Waals surface area contributed by atoms with Gasteiger partial charge in [-0.3, -0.25) is 4.79 Å². The number of rotatable bonds is 5. The second-order valence-corrected chi connectivity index (χ2v) is 7.07. The van der Waals surface area contributed by atoms with Gasteiger partial charge in [0.2, 0.25) is 5.91 Å². The Hall–Kier alpha value is -1.63. The number of nitrogens with one attached hydrogen (secondary N) is 1. The van der Waals surface area contributed by atoms with Crippen LogP contribution in [0.1, 0.15) is 45.7 Å². The van der Waals surface area contributed by atoms with Gasteiger partial charge in [-0.1, -0.05) is 30.3 Å². The Bertz CT molecular complexity index is 624. The van der Waals surface area contributed by atoms with Gasteiger partial charge in [-0.25, -0.2) is 0 Å². The first kappa shape index (κ1) is 18.7. The second kappa shape index (κ2) is 7.09. The third-order valence-electron chi connectivity index (χ3n) is 4.66. The third-order valence-corrected chi connectivity index (χ3v) is 4.66. The van der Waals surface area contributed by atoms with Crippen LogP contribution in [0.15, 0.2) is 29.7 Å². The summed E-state index contributed by atoms with van der Waals surface area (Å²) in [6.07, 6.45) is 1.92. The van der Waals surface area contributed by atoms with Crippen LogP contribution < -0.4 is 5.32 Å². The predicted molar refractivity (Wildman–Crippen MR) is 95.1 cm³/mol. The molecular weight excluding hydrogens is 305 g/mol. The lowest BCUT2D eigenvalue weighted by Gasteiger charge is -2.32. The molecule has 5 nitrogen and oxygen atoms in total. The van der Waals surface area contributed by atoms with E-state index in [0.717, 1.165) is 16.6 Å². The summed E-state index contributed by atoms with van der Waals surface area (Å²) in [7, 11) is -0.548. The maximum Gasteiger partial charge on any atom is 0.492 e. The lowest BCUT2D eigenvalue weighted by molar-refractivity contribution is -0.118. The van der Waals surface area contributed by atoms with Crippen LogP contribution in [-0.2, 0) is 20.7 Å². The van der Waals surface area contributed by atoms with Gasteiger partial charge in [0.05, 0.1) is 17.8 Å². The van der Waals surface area contributed by atoms with Crippen molar-refractivity contribution >= 4 is 19.1 Å². The Kier molecular flexibility index (Phi) is 5.53. The molecule has 1 aliphatic heterocycles. The quantitative estimate of drug-likeness (QED) is 0.813. The summed E-state index contributed by atoms with van der Waals surface area (Å²) in [6, 6.07) is 7.58. The molecule has 1 heterocycles. The van der Waals surface area contributed by atoms with E-state index >= 15 is 0 Å². The maximum absolute atomic E-state index is 11.3. The third kappa shape index (κ3) is 4.07. The van der Waals surface area contributed by atoms with E-state index in [9.17, 15) is 9.90 Å². The number of carbonyl (C=O) groups is 1. The molecule has 0 spiro atoms. The predicted octanol–water partition coefficient (Wildman–Crippen LogP) is 2.33. The molecule has 24 heavy (non-hydrogen) atoms. The summed E-state index contributed by atoms with van der Waals surface area (Å²) in [5.74, 6) is -0.118. The van der Waals surface area contributed by atoms with Gasteiger partial charge < -0.3 is 19.7 Å². The van der Waals surface area contributed by atoms with Crippen LogP contribution in [0, 0.1) is 0 Å². The lowest BCUT2D eigenvalue weighted by atomic mass is 9.76. The van der Waals surface area contributed by atoms with Gasteiger partial charge >= 0.3 is 7.12 Å². The molecule has 6 heteroatoms. The molecule has 0 bridgehead atoms. The molecular formula is C18H26BNO4. The molecule has 1 saturated heterocycles. The van der Waals surface area contributed by atoms with E-state index < -0.39 is 18.3 Å². The lowest BCUT2D eigenvalue weighted by Crippen LogP contribution is -2.41. The zero-order valence-corrected chi connectivity index (χ0v) is 15.1. The highest BCUT2D eigenvalue weighted by Gasteiger charge is 2.52. The van der Waals surface area contributed by atoms with E-state index in [0.29, 0.717) is 6.54 Å². The summed E-state index contributed by atoms with van der Waals surface area (Å²) in [4.78, 5) is 11.3. The molecule has 0 unspecified atom stereocenters. The van der Waals surface area contributed by atoms with E-state index in [1.165, 1.54) is 6.92 Å². The van der Waals surface area contributed by atoms with Crippen LogP contribution in [0.5, 0.6) is 0 Å². The SMILES string of the molecule is CC(=O)NCC(=Cc1ccccc1CO)B1OC(C)(C)C(C)(C)O1. The molecule has 0 atom stereocenters. The summed E-state index contributed by atoms with van der Waals surface area (Å²) < 4.78 is 12.2. The van der Waals surface area contributed by atoms with E-state index in [1.54, 1.807) is 0 Å². The minimum absolute atomic E-state index is 0.0521. The zero-order chi connectivity index (χ0) is 18.0. The first-order chi connectivity index (χ1) is 11.2. The first-order valence-electron chi connectivity index (χ1n) is 8.15.